The summed E-state index contributed by atoms with van der Waals surface area (Å²) in [5, 5.41) is -0.516. The number of nitrogens with zero attached hydrogens (tertiary/aromatic N) is 1. The van der Waals surface area contributed by atoms with E-state index < -0.39 is 5.24 Å². The van der Waals surface area contributed by atoms with Crippen LogP contribution in [0.25, 0.3) is 0 Å². The Labute approximate surface area is 128 Å². The number of para-hydroxylation sites is 1. The summed E-state index contributed by atoms with van der Waals surface area (Å²) >= 11 is 5.42. The number of amides is 1. The second kappa shape index (κ2) is 5.70. The maximum atomic E-state index is 12.7. The lowest BCUT2D eigenvalue weighted by molar-refractivity contribution is 0.0984. The molecular formula is C17H14ClNO2. The molecule has 1 aliphatic rings. The third-order valence-electron chi connectivity index (χ3n) is 3.71. The van der Waals surface area contributed by atoms with Crippen LogP contribution in [0.15, 0.2) is 48.5 Å². The Morgan fingerprint density at radius 3 is 2.33 bits per heavy atom. The minimum atomic E-state index is -0.516. The topological polar surface area (TPSA) is 37.4 Å². The average molecular weight is 300 g/mol. The predicted octanol–water partition coefficient (Wildman–Crippen LogP) is 3.66. The number of rotatable bonds is 2. The van der Waals surface area contributed by atoms with Crippen molar-refractivity contribution in [2.75, 3.05) is 11.4 Å². The van der Waals surface area contributed by atoms with E-state index >= 15 is 0 Å². The maximum Gasteiger partial charge on any atom is 0.258 e. The molecule has 0 fully saturated rings. The Balaban J connectivity index is 1.91. The van der Waals surface area contributed by atoms with Crippen LogP contribution in [0.3, 0.4) is 0 Å². The summed E-state index contributed by atoms with van der Waals surface area (Å²) in [7, 11) is 0. The Kier molecular flexibility index (Phi) is 3.76. The summed E-state index contributed by atoms with van der Waals surface area (Å²) in [6.07, 6.45) is 1.96. The average Bonchev–Trinajstić information content (AvgIpc) is 2.53. The van der Waals surface area contributed by atoms with Gasteiger partial charge in [-0.05, 0) is 60.3 Å². The van der Waals surface area contributed by atoms with Gasteiger partial charge in [-0.1, -0.05) is 18.2 Å². The van der Waals surface area contributed by atoms with Crippen LogP contribution in [-0.4, -0.2) is 17.7 Å². The third kappa shape index (κ3) is 2.69. The minimum absolute atomic E-state index is 0.0456. The molecular weight excluding hydrogens is 286 g/mol. The largest absolute Gasteiger partial charge is 0.308 e. The molecule has 0 spiro atoms. The molecule has 2 aromatic rings. The van der Waals surface area contributed by atoms with Crippen LogP contribution in [0.2, 0.25) is 0 Å². The van der Waals surface area contributed by atoms with Gasteiger partial charge in [-0.25, -0.2) is 0 Å². The summed E-state index contributed by atoms with van der Waals surface area (Å²) in [4.78, 5) is 25.5. The number of halogens is 1. The number of anilines is 1. The number of fused-ring (bicyclic) bond motifs is 1. The number of carbonyl (C=O) groups is 2. The standard InChI is InChI=1S/C17H14ClNO2/c18-16(20)13-7-9-14(10-8-13)17(21)19-11-3-5-12-4-1-2-6-15(12)19/h1-2,4,6-10H,3,5,11H2. The van der Waals surface area contributed by atoms with E-state index in [1.54, 1.807) is 29.2 Å². The van der Waals surface area contributed by atoms with Crippen molar-refractivity contribution in [3.63, 3.8) is 0 Å². The van der Waals surface area contributed by atoms with Crippen molar-refractivity contribution in [1.82, 2.24) is 0 Å². The van der Waals surface area contributed by atoms with E-state index in [-0.39, 0.29) is 5.91 Å². The Hall–Kier alpha value is -2.13. The SMILES string of the molecule is O=C(Cl)c1ccc(C(=O)N2CCCc3ccccc32)cc1. The van der Waals surface area contributed by atoms with Gasteiger partial charge in [0.25, 0.3) is 11.1 Å². The van der Waals surface area contributed by atoms with E-state index in [9.17, 15) is 9.59 Å². The lowest BCUT2D eigenvalue weighted by atomic mass is 10.0. The van der Waals surface area contributed by atoms with Gasteiger partial charge >= 0.3 is 0 Å². The normalized spacial score (nSPS) is 13.7. The van der Waals surface area contributed by atoms with Crippen molar-refractivity contribution in [2.24, 2.45) is 0 Å². The summed E-state index contributed by atoms with van der Waals surface area (Å²) < 4.78 is 0. The molecule has 0 unspecified atom stereocenters. The molecule has 0 saturated carbocycles. The van der Waals surface area contributed by atoms with Crippen LogP contribution in [-0.2, 0) is 6.42 Å². The van der Waals surface area contributed by atoms with Gasteiger partial charge in [0.05, 0.1) is 0 Å². The molecule has 0 saturated heterocycles. The van der Waals surface area contributed by atoms with Gasteiger partial charge in [-0.15, -0.1) is 0 Å². The minimum Gasteiger partial charge on any atom is -0.308 e. The molecule has 0 radical (unpaired) electrons. The molecule has 0 bridgehead atoms. The molecule has 0 aliphatic carbocycles. The van der Waals surface area contributed by atoms with Crippen molar-refractivity contribution in [2.45, 2.75) is 12.8 Å². The fraction of sp³-hybridized carbons (Fsp3) is 0.176. The molecule has 0 atom stereocenters. The van der Waals surface area contributed by atoms with Crippen molar-refractivity contribution in [3.05, 3.63) is 65.2 Å². The molecule has 21 heavy (non-hydrogen) atoms. The molecule has 1 aliphatic heterocycles. The molecule has 3 nitrogen and oxygen atoms in total. The zero-order valence-corrected chi connectivity index (χ0v) is 12.1. The van der Waals surface area contributed by atoms with Crippen molar-refractivity contribution in [1.29, 1.82) is 0 Å². The molecule has 1 heterocycles. The second-order valence-electron chi connectivity index (χ2n) is 5.04. The van der Waals surface area contributed by atoms with Crippen LogP contribution >= 0.6 is 11.6 Å². The van der Waals surface area contributed by atoms with Gasteiger partial charge in [0.15, 0.2) is 0 Å². The monoisotopic (exact) mass is 299 g/mol. The van der Waals surface area contributed by atoms with E-state index in [1.807, 2.05) is 18.2 Å². The van der Waals surface area contributed by atoms with Crippen molar-refractivity contribution in [3.8, 4) is 0 Å². The van der Waals surface area contributed by atoms with Gasteiger partial charge in [-0.2, -0.15) is 0 Å². The third-order valence-corrected chi connectivity index (χ3v) is 3.93. The van der Waals surface area contributed by atoms with Crippen LogP contribution in [0.1, 0.15) is 32.7 Å². The number of carbonyl (C=O) groups excluding carboxylic acids is 2. The highest BCUT2D eigenvalue weighted by molar-refractivity contribution is 6.67. The first kappa shape index (κ1) is 13.8. The predicted molar refractivity (Wildman–Crippen MR) is 83.1 cm³/mol. The Morgan fingerprint density at radius 2 is 1.62 bits per heavy atom. The fourth-order valence-corrected chi connectivity index (χ4v) is 2.77. The molecule has 3 rings (SSSR count). The van der Waals surface area contributed by atoms with Gasteiger partial charge < -0.3 is 4.90 Å². The summed E-state index contributed by atoms with van der Waals surface area (Å²) in [5.41, 5.74) is 3.14. The lowest BCUT2D eigenvalue weighted by Gasteiger charge is -2.29. The van der Waals surface area contributed by atoms with Crippen molar-refractivity contribution < 1.29 is 9.59 Å². The quantitative estimate of drug-likeness (QED) is 0.794. The van der Waals surface area contributed by atoms with Gasteiger partial charge in [-0.3, -0.25) is 9.59 Å². The Bertz CT molecular complexity index is 694. The van der Waals surface area contributed by atoms with Crippen LogP contribution in [0.4, 0.5) is 5.69 Å². The highest BCUT2D eigenvalue weighted by Gasteiger charge is 2.23. The Morgan fingerprint density at radius 1 is 0.952 bits per heavy atom. The summed E-state index contributed by atoms with van der Waals surface area (Å²) in [6, 6.07) is 14.4. The van der Waals surface area contributed by atoms with E-state index in [0.717, 1.165) is 18.5 Å². The van der Waals surface area contributed by atoms with E-state index in [0.29, 0.717) is 17.7 Å². The first-order valence-corrected chi connectivity index (χ1v) is 7.24. The van der Waals surface area contributed by atoms with E-state index in [1.165, 1.54) is 5.56 Å². The molecule has 0 N–H and O–H groups in total. The first-order chi connectivity index (χ1) is 10.2. The van der Waals surface area contributed by atoms with Gasteiger partial charge in [0, 0.05) is 23.4 Å². The fourth-order valence-electron chi connectivity index (χ4n) is 2.64. The van der Waals surface area contributed by atoms with Gasteiger partial charge in [0.1, 0.15) is 0 Å². The molecule has 106 valence electrons. The van der Waals surface area contributed by atoms with E-state index in [2.05, 4.69) is 6.07 Å². The highest BCUT2D eigenvalue weighted by Crippen LogP contribution is 2.28. The summed E-state index contributed by atoms with van der Waals surface area (Å²) in [6.45, 7) is 0.714. The zero-order valence-electron chi connectivity index (χ0n) is 11.4. The number of benzene rings is 2. The lowest BCUT2D eigenvalue weighted by Crippen LogP contribution is -2.35. The van der Waals surface area contributed by atoms with Crippen LogP contribution in [0, 0.1) is 0 Å². The molecule has 4 heteroatoms. The molecule has 2 aromatic carbocycles. The second-order valence-corrected chi connectivity index (χ2v) is 5.38. The molecule has 0 aromatic heterocycles. The molecule has 1 amide bonds. The van der Waals surface area contributed by atoms with Crippen molar-refractivity contribution >= 4 is 28.4 Å². The zero-order chi connectivity index (χ0) is 14.8. The summed E-state index contributed by atoms with van der Waals surface area (Å²) in [5.74, 6) is -0.0456. The van der Waals surface area contributed by atoms with Crippen LogP contribution < -0.4 is 4.90 Å². The first-order valence-electron chi connectivity index (χ1n) is 6.86. The highest BCUT2D eigenvalue weighted by atomic mass is 35.5. The number of hydrogen-bond donors (Lipinski definition) is 0. The van der Waals surface area contributed by atoms with Gasteiger partial charge in [0.2, 0.25) is 0 Å². The number of hydrogen-bond acceptors (Lipinski definition) is 2. The number of aryl methyl sites for hydroxylation is 1. The van der Waals surface area contributed by atoms with Crippen LogP contribution in [0.5, 0.6) is 0 Å². The smallest absolute Gasteiger partial charge is 0.258 e. The maximum absolute atomic E-state index is 12.7. The van der Waals surface area contributed by atoms with E-state index in [4.69, 9.17) is 11.6 Å².